The van der Waals surface area contributed by atoms with Crippen molar-refractivity contribution in [2.45, 2.75) is 151 Å². The number of hydrogen-bond donors (Lipinski definition) is 14. The molecule has 0 atom stereocenters. The van der Waals surface area contributed by atoms with E-state index in [0.717, 1.165) is 69.9 Å². The standard InChI is InChI=1S/C14H23N.C11H17N.C10H9BO2.2C10H15N.2C7H6BF3O2.C6H6BFO2.C6H7BO2/c1-13(2,3)10-7-8-11(12(15)9-10)14(4,5)6;1-8-6-5-7-9(10(8)12)11(2,3)4;12-11(13)10-7-3-5-8-4-1-2-6-9(8)10;1-10(2,3)8-6-4-5-7-9(8)11;1-7(2)9-6-4-5-8(3)10(9)11;9-7(10,11)5-1-3-6(4-2-5)8(12)13;9-7(10,11)5-3-1-2-4-6(5)8(12)13;8-6-3-1-5(2-4-6)7(9)10;8-7(9)6-4-2-1-3-5-6/h7-9H,15H2,1-6H3;5-7H,12H2,1-4H3;1-7,12-13H;2*4-7H,11H2,1-3H3;2*1-4,12-13H;1-4,9-10H;1-5,8-9H. The van der Waals surface area contributed by atoms with Crippen molar-refractivity contribution in [2.75, 3.05) is 22.9 Å². The number of benzene rings is 10. The van der Waals surface area contributed by atoms with Gasteiger partial charge >= 0.3 is 47.9 Å². The predicted octanol–water partition coefficient (Wildman–Crippen LogP) is 12.2. The zero-order valence-corrected chi connectivity index (χ0v) is 63.8. The van der Waals surface area contributed by atoms with Gasteiger partial charge in [-0.25, -0.2) is 4.39 Å². The van der Waals surface area contributed by atoms with Gasteiger partial charge in [0.1, 0.15) is 5.82 Å². The molecule has 0 saturated carbocycles. The minimum Gasteiger partial charge on any atom is -0.423 e. The Morgan fingerprint density at radius 3 is 1.08 bits per heavy atom. The maximum atomic E-state index is 12.2. The molecule has 0 saturated heterocycles. The molecule has 14 nitrogen and oxygen atoms in total. The number of anilines is 4. The second-order valence-electron chi connectivity index (χ2n) is 29.3. The van der Waals surface area contributed by atoms with Crippen LogP contribution >= 0.6 is 0 Å². The monoisotopic (exact) mass is 1480 g/mol. The molecule has 0 aromatic heterocycles. The molecule has 0 aliphatic rings. The summed E-state index contributed by atoms with van der Waals surface area (Å²) in [5.74, 6) is 0.138. The molecule has 18 N–H and O–H groups in total. The zero-order chi connectivity index (χ0) is 81.8. The van der Waals surface area contributed by atoms with Crippen LogP contribution in [0.1, 0.15) is 153 Å². The number of para-hydroxylation sites is 3. The van der Waals surface area contributed by atoms with Gasteiger partial charge in [0.2, 0.25) is 0 Å². The van der Waals surface area contributed by atoms with Crippen LogP contribution in [0.5, 0.6) is 0 Å². The minimum absolute atomic E-state index is 0.0352. The second kappa shape index (κ2) is 42.6. The van der Waals surface area contributed by atoms with Gasteiger partial charge in [0.25, 0.3) is 0 Å². The molecule has 0 unspecified atom stereocenters. The van der Waals surface area contributed by atoms with Crippen LogP contribution in [0.15, 0.2) is 224 Å². The Kier molecular flexibility index (Phi) is 37.5. The number of nitrogen functional groups attached to an aromatic ring is 4. The minimum atomic E-state index is -4.56. The van der Waals surface area contributed by atoms with Crippen molar-refractivity contribution < 1.29 is 81.0 Å². The molecule has 10 aromatic rings. The molecule has 107 heavy (non-hydrogen) atoms. The number of aryl methyl sites for hydroxylation is 2. The van der Waals surface area contributed by atoms with E-state index in [1.54, 1.807) is 30.3 Å². The maximum absolute atomic E-state index is 12.2. The van der Waals surface area contributed by atoms with Crippen molar-refractivity contribution in [3.05, 3.63) is 280 Å². The maximum Gasteiger partial charge on any atom is 0.489 e. The molecule has 10 aromatic carbocycles. The molecule has 0 bridgehead atoms. The Balaban J connectivity index is 0.000000410. The Labute approximate surface area is 628 Å². The molecule has 0 heterocycles. The summed E-state index contributed by atoms with van der Waals surface area (Å²) in [5, 5.41) is 88.7. The van der Waals surface area contributed by atoms with E-state index in [1.165, 1.54) is 75.3 Å². The lowest BCUT2D eigenvalue weighted by atomic mass is 9.77. The van der Waals surface area contributed by atoms with Crippen LogP contribution in [0.4, 0.5) is 53.5 Å². The van der Waals surface area contributed by atoms with E-state index in [0.29, 0.717) is 22.3 Å². The quantitative estimate of drug-likeness (QED) is 0.0418. The fourth-order valence-corrected chi connectivity index (χ4v) is 9.99. The fourth-order valence-electron chi connectivity index (χ4n) is 9.99. The van der Waals surface area contributed by atoms with Gasteiger partial charge in [-0.05, 0) is 143 Å². The topological polar surface area (TPSA) is 306 Å². The number of halogens is 7. The third-order valence-corrected chi connectivity index (χ3v) is 16.1. The van der Waals surface area contributed by atoms with Gasteiger partial charge in [-0.15, -0.1) is 0 Å². The number of alkyl halides is 6. The van der Waals surface area contributed by atoms with Crippen LogP contribution in [0.2, 0.25) is 0 Å². The average Bonchev–Trinajstić information content (AvgIpc) is 0.830. The Morgan fingerprint density at radius 2 is 0.692 bits per heavy atom. The van der Waals surface area contributed by atoms with Crippen LogP contribution < -0.4 is 50.2 Å². The highest BCUT2D eigenvalue weighted by molar-refractivity contribution is 6.62. The summed E-state index contributed by atoms with van der Waals surface area (Å²) in [6.45, 7) is 34.6. The van der Waals surface area contributed by atoms with Gasteiger partial charge < -0.3 is 73.2 Å². The third-order valence-electron chi connectivity index (χ3n) is 16.1. The molecule has 10 rings (SSSR count). The van der Waals surface area contributed by atoms with E-state index in [2.05, 4.69) is 145 Å². The van der Waals surface area contributed by atoms with Crippen molar-refractivity contribution in [2.24, 2.45) is 0 Å². The SMILES string of the molecule is CC(C)(C)c1ccc(C(C)(C)C)c(N)c1.CC(C)(C)c1ccccc1N.Cc1cccc(C(C)(C)C)c1N.Cc1cccc(C(C)C)c1N.OB(O)c1ccc(C(F)(F)F)cc1.OB(O)c1ccc(F)cc1.OB(O)c1cccc2ccccc12.OB(O)c1ccccc1.OB(O)c1ccccc1C(F)(F)F. The van der Waals surface area contributed by atoms with Crippen LogP contribution in [-0.2, 0) is 34.0 Å². The fraction of sp³-hybridized carbons (Fsp3) is 0.284. The van der Waals surface area contributed by atoms with Crippen molar-refractivity contribution in [1.82, 2.24) is 0 Å². The Morgan fingerprint density at radius 1 is 0.318 bits per heavy atom. The average molecular weight is 1480 g/mol. The lowest BCUT2D eigenvalue weighted by Crippen LogP contribution is -2.35. The predicted molar refractivity (Wildman–Crippen MR) is 431 cm³/mol. The molecule has 0 amide bonds. The van der Waals surface area contributed by atoms with Gasteiger partial charge in [0.15, 0.2) is 0 Å². The first-order chi connectivity index (χ1) is 49.3. The highest BCUT2D eigenvalue weighted by atomic mass is 19.4. The first kappa shape index (κ1) is 94.2. The van der Waals surface area contributed by atoms with Crippen molar-refractivity contribution in [3.63, 3.8) is 0 Å². The Bertz CT molecular complexity index is 4260. The highest BCUT2D eigenvalue weighted by Gasteiger charge is 2.36. The first-order valence-corrected chi connectivity index (χ1v) is 34.2. The third kappa shape index (κ3) is 33.0. The molecule has 572 valence electrons. The van der Waals surface area contributed by atoms with Gasteiger partial charge in [0.05, 0.1) is 11.1 Å². The van der Waals surface area contributed by atoms with Crippen molar-refractivity contribution >= 4 is 96.4 Å². The van der Waals surface area contributed by atoms with Gasteiger partial charge in [-0.2, -0.15) is 26.3 Å². The number of nitrogens with two attached hydrogens (primary N) is 4. The largest absolute Gasteiger partial charge is 0.489 e. The molecule has 0 spiro atoms. The smallest absolute Gasteiger partial charge is 0.423 e. The first-order valence-electron chi connectivity index (χ1n) is 34.2. The summed E-state index contributed by atoms with van der Waals surface area (Å²) in [4.78, 5) is 0. The van der Waals surface area contributed by atoms with Crippen molar-refractivity contribution in [3.8, 4) is 0 Å². The number of hydrogen-bond acceptors (Lipinski definition) is 14. The van der Waals surface area contributed by atoms with E-state index in [9.17, 15) is 30.7 Å². The number of rotatable bonds is 6. The molecule has 0 aliphatic heterocycles. The number of fused-ring (bicyclic) bond motifs is 1. The van der Waals surface area contributed by atoms with Crippen LogP contribution in [-0.4, -0.2) is 85.8 Å². The molecule has 26 heteroatoms. The summed E-state index contributed by atoms with van der Waals surface area (Å²) in [7, 11) is -8.09. The Hall–Kier alpha value is -8.91. The van der Waals surface area contributed by atoms with Gasteiger partial charge in [-0.3, -0.25) is 0 Å². The normalized spacial score (nSPS) is 11.1. The summed E-state index contributed by atoms with van der Waals surface area (Å²) in [6, 6.07) is 61.6. The van der Waals surface area contributed by atoms with Crippen LogP contribution in [0, 0.1) is 19.7 Å². The molecule has 0 radical (unpaired) electrons. The van der Waals surface area contributed by atoms with Crippen LogP contribution in [0.3, 0.4) is 0 Å². The van der Waals surface area contributed by atoms with E-state index in [4.69, 9.17) is 73.2 Å². The summed E-state index contributed by atoms with van der Waals surface area (Å²) in [5.41, 5.74) is 35.7. The highest BCUT2D eigenvalue weighted by Crippen LogP contribution is 2.34. The lowest BCUT2D eigenvalue weighted by Gasteiger charge is -2.25. The van der Waals surface area contributed by atoms with E-state index in [-0.39, 0.29) is 32.9 Å². The molecular weight excluding hydrogens is 1380 g/mol. The molecule has 0 aliphatic carbocycles. The summed E-state index contributed by atoms with van der Waals surface area (Å²) >= 11 is 0. The van der Waals surface area contributed by atoms with E-state index >= 15 is 0 Å². The molecule has 0 fully saturated rings. The lowest BCUT2D eigenvalue weighted by molar-refractivity contribution is -0.138. The zero-order valence-electron chi connectivity index (χ0n) is 63.8. The van der Waals surface area contributed by atoms with Gasteiger partial charge in [0, 0.05) is 22.7 Å². The van der Waals surface area contributed by atoms with E-state index < -0.39 is 64.5 Å². The summed E-state index contributed by atoms with van der Waals surface area (Å²) < 4.78 is 84.7. The van der Waals surface area contributed by atoms with Crippen LogP contribution in [0.25, 0.3) is 10.8 Å². The second-order valence-corrected chi connectivity index (χ2v) is 29.3. The molecular formula is C81H104B5F7N4O10. The van der Waals surface area contributed by atoms with Gasteiger partial charge in [-0.1, -0.05) is 297 Å². The van der Waals surface area contributed by atoms with E-state index in [1.807, 2.05) is 86.6 Å². The summed E-state index contributed by atoms with van der Waals surface area (Å²) in [6.07, 6.45) is -8.95. The van der Waals surface area contributed by atoms with Crippen molar-refractivity contribution in [1.29, 1.82) is 0 Å².